The van der Waals surface area contributed by atoms with Crippen LogP contribution < -0.4 is 9.03 Å². The van der Waals surface area contributed by atoms with Gasteiger partial charge in [0.05, 0.1) is 28.9 Å². The van der Waals surface area contributed by atoms with Gasteiger partial charge < -0.3 is 0 Å². The van der Waals surface area contributed by atoms with Crippen molar-refractivity contribution in [3.63, 3.8) is 0 Å². The van der Waals surface area contributed by atoms with Gasteiger partial charge in [0, 0.05) is 13.1 Å². The van der Waals surface area contributed by atoms with E-state index in [-0.39, 0.29) is 29.2 Å². The Labute approximate surface area is 152 Å². The van der Waals surface area contributed by atoms with Gasteiger partial charge in [-0.25, -0.2) is 21.6 Å². The summed E-state index contributed by atoms with van der Waals surface area (Å²) in [4.78, 5) is 0.0424. The van der Waals surface area contributed by atoms with E-state index in [0.717, 1.165) is 10.6 Å². The number of para-hydroxylation sites is 1. The summed E-state index contributed by atoms with van der Waals surface area (Å²) in [6, 6.07) is 8.16. The standard InChI is InChI=1S/C15H19N5O4S2/c1-11-15(12(2)19-18-11)26(23,24)17-8-9-20(25(3,21)22)14-7-5-4-6-13(14)10-16/h4-7,17H,8-9H2,1-3H3,(H,18,19). The summed E-state index contributed by atoms with van der Waals surface area (Å²) in [5.74, 6) is 0. The summed E-state index contributed by atoms with van der Waals surface area (Å²) in [7, 11) is -7.56. The predicted octanol–water partition coefficient (Wildman–Crippen LogP) is 0.643. The molecule has 26 heavy (non-hydrogen) atoms. The fourth-order valence-electron chi connectivity index (χ4n) is 2.54. The molecule has 2 rings (SSSR count). The zero-order chi connectivity index (χ0) is 19.5. The van der Waals surface area contributed by atoms with Crippen molar-refractivity contribution in [2.24, 2.45) is 0 Å². The highest BCUT2D eigenvalue weighted by atomic mass is 32.2. The van der Waals surface area contributed by atoms with Gasteiger partial charge in [-0.05, 0) is 26.0 Å². The Morgan fingerprint density at radius 1 is 1.23 bits per heavy atom. The zero-order valence-electron chi connectivity index (χ0n) is 14.5. The molecule has 2 aromatic rings. The van der Waals surface area contributed by atoms with Gasteiger partial charge in [0.2, 0.25) is 20.0 Å². The summed E-state index contributed by atoms with van der Waals surface area (Å²) in [6.45, 7) is 2.82. The predicted molar refractivity (Wildman–Crippen MR) is 96.6 cm³/mol. The number of aromatic amines is 1. The Morgan fingerprint density at radius 2 is 1.88 bits per heavy atom. The number of nitrogens with one attached hydrogen (secondary N) is 2. The SMILES string of the molecule is Cc1n[nH]c(C)c1S(=O)(=O)NCCN(c1ccccc1C#N)S(C)(=O)=O. The van der Waals surface area contributed by atoms with E-state index in [2.05, 4.69) is 14.9 Å². The number of nitriles is 1. The first kappa shape index (κ1) is 19.9. The number of hydrogen-bond donors (Lipinski definition) is 2. The van der Waals surface area contributed by atoms with Crippen LogP contribution in [-0.4, -0.2) is 46.4 Å². The summed E-state index contributed by atoms with van der Waals surface area (Å²) in [5, 5.41) is 15.6. The first-order chi connectivity index (χ1) is 12.1. The van der Waals surface area contributed by atoms with E-state index in [1.165, 1.54) is 12.1 Å². The lowest BCUT2D eigenvalue weighted by atomic mass is 10.2. The molecule has 0 atom stereocenters. The molecule has 0 fully saturated rings. The van der Waals surface area contributed by atoms with Crippen molar-refractivity contribution in [1.82, 2.24) is 14.9 Å². The molecule has 0 radical (unpaired) electrons. The number of rotatable bonds is 7. The second-order valence-electron chi connectivity index (χ2n) is 5.62. The Bertz CT molecular complexity index is 1030. The molecule has 1 heterocycles. The van der Waals surface area contributed by atoms with Crippen molar-refractivity contribution >= 4 is 25.7 Å². The molecule has 0 bridgehead atoms. The molecule has 0 saturated heterocycles. The van der Waals surface area contributed by atoms with Crippen LogP contribution in [0.3, 0.4) is 0 Å². The molecular weight excluding hydrogens is 378 g/mol. The molecule has 0 spiro atoms. The molecule has 0 aliphatic heterocycles. The largest absolute Gasteiger partial charge is 0.281 e. The Kier molecular flexibility index (Phi) is 5.70. The van der Waals surface area contributed by atoms with E-state index in [9.17, 15) is 22.1 Å². The molecule has 0 aliphatic rings. The molecule has 9 nitrogen and oxygen atoms in total. The number of nitrogens with zero attached hydrogens (tertiary/aromatic N) is 3. The van der Waals surface area contributed by atoms with Gasteiger partial charge in [-0.3, -0.25) is 9.40 Å². The highest BCUT2D eigenvalue weighted by molar-refractivity contribution is 7.92. The van der Waals surface area contributed by atoms with Crippen LogP contribution in [0.5, 0.6) is 0 Å². The number of anilines is 1. The van der Waals surface area contributed by atoms with Gasteiger partial charge in [-0.1, -0.05) is 12.1 Å². The van der Waals surface area contributed by atoms with Crippen LogP contribution >= 0.6 is 0 Å². The number of benzene rings is 1. The second-order valence-corrected chi connectivity index (χ2v) is 9.24. The van der Waals surface area contributed by atoms with Crippen LogP contribution in [0.2, 0.25) is 0 Å². The molecule has 0 unspecified atom stereocenters. The van der Waals surface area contributed by atoms with Crippen molar-refractivity contribution in [3.05, 3.63) is 41.2 Å². The lowest BCUT2D eigenvalue weighted by molar-refractivity contribution is 0.577. The smallest absolute Gasteiger partial charge is 0.244 e. The van der Waals surface area contributed by atoms with Crippen LogP contribution in [0.1, 0.15) is 17.0 Å². The topological polar surface area (TPSA) is 136 Å². The highest BCUT2D eigenvalue weighted by Crippen LogP contribution is 2.22. The molecule has 1 aromatic heterocycles. The van der Waals surface area contributed by atoms with Crippen LogP contribution in [0.4, 0.5) is 5.69 Å². The zero-order valence-corrected chi connectivity index (χ0v) is 16.1. The molecule has 1 aromatic carbocycles. The third-order valence-electron chi connectivity index (χ3n) is 3.63. The molecule has 0 aliphatic carbocycles. The lowest BCUT2D eigenvalue weighted by Gasteiger charge is -2.23. The van der Waals surface area contributed by atoms with Crippen LogP contribution in [0, 0.1) is 25.2 Å². The minimum atomic E-state index is -3.85. The summed E-state index contributed by atoms with van der Waals surface area (Å²) < 4.78 is 52.5. The Morgan fingerprint density at radius 3 is 2.42 bits per heavy atom. The third kappa shape index (κ3) is 4.21. The quantitative estimate of drug-likeness (QED) is 0.704. The average Bonchev–Trinajstić information content (AvgIpc) is 2.90. The number of H-pyrrole nitrogens is 1. The van der Waals surface area contributed by atoms with E-state index in [4.69, 9.17) is 0 Å². The summed E-state index contributed by atoms with van der Waals surface area (Å²) >= 11 is 0. The minimum Gasteiger partial charge on any atom is -0.281 e. The molecule has 140 valence electrons. The van der Waals surface area contributed by atoms with Crippen LogP contribution in [0.25, 0.3) is 0 Å². The number of aryl methyl sites for hydroxylation is 2. The van der Waals surface area contributed by atoms with Crippen LogP contribution in [-0.2, 0) is 20.0 Å². The van der Waals surface area contributed by atoms with Crippen molar-refractivity contribution < 1.29 is 16.8 Å². The number of aromatic nitrogens is 2. The maximum atomic E-state index is 12.4. The molecule has 11 heteroatoms. The summed E-state index contributed by atoms with van der Waals surface area (Å²) in [6.07, 6.45) is 1.00. The maximum Gasteiger partial charge on any atom is 0.244 e. The van der Waals surface area contributed by atoms with Gasteiger partial charge in [0.15, 0.2) is 0 Å². The monoisotopic (exact) mass is 397 g/mol. The van der Waals surface area contributed by atoms with Crippen molar-refractivity contribution in [2.45, 2.75) is 18.7 Å². The molecular formula is C15H19N5O4S2. The van der Waals surface area contributed by atoms with Gasteiger partial charge in [-0.15, -0.1) is 0 Å². The fraction of sp³-hybridized carbons (Fsp3) is 0.333. The number of hydrogen-bond acceptors (Lipinski definition) is 6. The highest BCUT2D eigenvalue weighted by Gasteiger charge is 2.24. The van der Waals surface area contributed by atoms with Gasteiger partial charge in [0.1, 0.15) is 11.0 Å². The minimum absolute atomic E-state index is 0.0424. The van der Waals surface area contributed by atoms with E-state index in [0.29, 0.717) is 11.4 Å². The van der Waals surface area contributed by atoms with E-state index in [1.54, 1.807) is 26.0 Å². The first-order valence-electron chi connectivity index (χ1n) is 7.56. The van der Waals surface area contributed by atoms with Gasteiger partial charge in [0.25, 0.3) is 0 Å². The molecule has 0 saturated carbocycles. The Balaban J connectivity index is 2.23. The Hall–Kier alpha value is -2.42. The van der Waals surface area contributed by atoms with Crippen molar-refractivity contribution in [3.8, 4) is 6.07 Å². The second kappa shape index (κ2) is 7.45. The maximum absolute atomic E-state index is 12.4. The first-order valence-corrected chi connectivity index (χ1v) is 10.9. The normalized spacial score (nSPS) is 11.9. The molecule has 0 amide bonds. The van der Waals surface area contributed by atoms with E-state index < -0.39 is 20.0 Å². The molecule has 2 N–H and O–H groups in total. The van der Waals surface area contributed by atoms with Crippen molar-refractivity contribution in [1.29, 1.82) is 5.26 Å². The van der Waals surface area contributed by atoms with Gasteiger partial charge in [-0.2, -0.15) is 10.4 Å². The average molecular weight is 397 g/mol. The van der Waals surface area contributed by atoms with Crippen molar-refractivity contribution in [2.75, 3.05) is 23.7 Å². The lowest BCUT2D eigenvalue weighted by Crippen LogP contribution is -2.38. The third-order valence-corrected chi connectivity index (χ3v) is 6.53. The van der Waals surface area contributed by atoms with Gasteiger partial charge >= 0.3 is 0 Å². The summed E-state index contributed by atoms with van der Waals surface area (Å²) in [5.41, 5.74) is 1.10. The van der Waals surface area contributed by atoms with Crippen LogP contribution in [0.15, 0.2) is 29.2 Å². The fourth-order valence-corrected chi connectivity index (χ4v) is 4.87. The van der Waals surface area contributed by atoms with E-state index >= 15 is 0 Å². The van der Waals surface area contributed by atoms with E-state index in [1.807, 2.05) is 6.07 Å². The number of sulfonamides is 2.